The van der Waals surface area contributed by atoms with E-state index in [0.29, 0.717) is 36.4 Å². The highest BCUT2D eigenvalue weighted by Crippen LogP contribution is 2.24. The molecule has 0 radical (unpaired) electrons. The summed E-state index contributed by atoms with van der Waals surface area (Å²) < 4.78 is 1.87. The highest BCUT2D eigenvalue weighted by molar-refractivity contribution is 5.93. The zero-order valence-electron chi connectivity index (χ0n) is 19.1. The molecule has 8 nitrogen and oxygen atoms in total. The van der Waals surface area contributed by atoms with Crippen molar-refractivity contribution < 1.29 is 4.79 Å². The van der Waals surface area contributed by atoms with Crippen LogP contribution in [0.4, 0.5) is 5.95 Å². The van der Waals surface area contributed by atoms with Crippen molar-refractivity contribution in [3.63, 3.8) is 0 Å². The number of carbonyl (C=O) groups excluding carboxylic acids is 1. The minimum absolute atomic E-state index is 0.0395. The third-order valence-electron chi connectivity index (χ3n) is 5.89. The van der Waals surface area contributed by atoms with Crippen molar-refractivity contribution >= 4 is 11.9 Å². The maximum atomic E-state index is 13.2. The average Bonchev–Trinajstić information content (AvgIpc) is 3.36. The van der Waals surface area contributed by atoms with Crippen LogP contribution in [0.25, 0.3) is 17.2 Å². The lowest BCUT2D eigenvalue weighted by Crippen LogP contribution is -2.46. The van der Waals surface area contributed by atoms with Crippen molar-refractivity contribution in [3.05, 3.63) is 90.4 Å². The van der Waals surface area contributed by atoms with E-state index in [2.05, 4.69) is 34.7 Å². The molecule has 0 bridgehead atoms. The fraction of sp³-hybridized carbons (Fsp3) is 0.231. The molecule has 1 amide bonds. The first-order valence-corrected chi connectivity index (χ1v) is 11.5. The van der Waals surface area contributed by atoms with Gasteiger partial charge in [0, 0.05) is 44.1 Å². The third kappa shape index (κ3) is 4.67. The first-order valence-electron chi connectivity index (χ1n) is 11.5. The Kier molecular flexibility index (Phi) is 6.31. The number of hydrogen-bond acceptors (Lipinski definition) is 6. The van der Waals surface area contributed by atoms with Crippen molar-refractivity contribution in [3.8, 4) is 17.2 Å². The van der Waals surface area contributed by atoms with Crippen molar-refractivity contribution in [1.82, 2.24) is 29.7 Å². The van der Waals surface area contributed by atoms with Gasteiger partial charge in [-0.3, -0.25) is 9.36 Å². The van der Waals surface area contributed by atoms with Crippen LogP contribution in [0.15, 0.2) is 79.1 Å². The number of hydrogen-bond donors (Lipinski definition) is 2. The molecule has 34 heavy (non-hydrogen) atoms. The number of amides is 1. The van der Waals surface area contributed by atoms with Crippen molar-refractivity contribution in [2.75, 3.05) is 31.5 Å². The second kappa shape index (κ2) is 9.84. The second-order valence-corrected chi connectivity index (χ2v) is 8.24. The lowest BCUT2D eigenvalue weighted by atomic mass is 10.1. The fourth-order valence-electron chi connectivity index (χ4n) is 4.05. The van der Waals surface area contributed by atoms with Crippen LogP contribution in [0.2, 0.25) is 0 Å². The fourth-order valence-corrected chi connectivity index (χ4v) is 4.05. The molecule has 2 N–H and O–H groups in total. The molecule has 2 aromatic heterocycles. The molecule has 1 unspecified atom stereocenters. The molecular formula is C26H27N7O. The Balaban J connectivity index is 1.49. The molecular weight excluding hydrogens is 426 g/mol. The first kappa shape index (κ1) is 21.8. The van der Waals surface area contributed by atoms with Crippen LogP contribution in [0.3, 0.4) is 0 Å². The van der Waals surface area contributed by atoms with Crippen molar-refractivity contribution in [2.24, 2.45) is 0 Å². The van der Waals surface area contributed by atoms with Gasteiger partial charge in [0.2, 0.25) is 5.95 Å². The van der Waals surface area contributed by atoms with Gasteiger partial charge in [-0.1, -0.05) is 60.7 Å². The highest BCUT2D eigenvalue weighted by atomic mass is 16.2. The quantitative estimate of drug-likeness (QED) is 0.464. The zero-order chi connectivity index (χ0) is 23.3. The monoisotopic (exact) mass is 453 g/mol. The molecule has 2 aromatic carbocycles. The van der Waals surface area contributed by atoms with Gasteiger partial charge < -0.3 is 15.5 Å². The van der Waals surface area contributed by atoms with Gasteiger partial charge in [-0.15, -0.1) is 0 Å². The Morgan fingerprint density at radius 3 is 2.41 bits per heavy atom. The maximum absolute atomic E-state index is 13.2. The summed E-state index contributed by atoms with van der Waals surface area (Å²) in [5.74, 6) is 1.75. The van der Waals surface area contributed by atoms with E-state index in [1.54, 1.807) is 12.4 Å². The summed E-state index contributed by atoms with van der Waals surface area (Å²) in [7, 11) is 0. The van der Waals surface area contributed by atoms with E-state index >= 15 is 0 Å². The summed E-state index contributed by atoms with van der Waals surface area (Å²) in [6.45, 7) is 5.00. The molecule has 0 spiro atoms. The smallest absolute Gasteiger partial charge is 0.274 e. The van der Waals surface area contributed by atoms with E-state index in [4.69, 9.17) is 9.97 Å². The minimum Gasteiger partial charge on any atom is -0.348 e. The molecule has 8 heteroatoms. The van der Waals surface area contributed by atoms with Gasteiger partial charge in [0.05, 0.1) is 6.04 Å². The van der Waals surface area contributed by atoms with E-state index < -0.39 is 0 Å². The van der Waals surface area contributed by atoms with Gasteiger partial charge in [-0.25, -0.2) is 9.97 Å². The van der Waals surface area contributed by atoms with Crippen LogP contribution in [-0.2, 0) is 0 Å². The molecule has 4 aromatic rings. The number of piperazine rings is 1. The van der Waals surface area contributed by atoms with Crippen LogP contribution in [-0.4, -0.2) is 56.5 Å². The number of anilines is 1. The summed E-state index contributed by atoms with van der Waals surface area (Å²) >= 11 is 0. The van der Waals surface area contributed by atoms with Gasteiger partial charge in [-0.2, -0.15) is 4.98 Å². The van der Waals surface area contributed by atoms with Crippen LogP contribution in [0.1, 0.15) is 29.0 Å². The average molecular weight is 454 g/mol. The van der Waals surface area contributed by atoms with Gasteiger partial charge >= 0.3 is 0 Å². The summed E-state index contributed by atoms with van der Waals surface area (Å²) in [5.41, 5.74) is 2.46. The predicted octanol–water partition coefficient (Wildman–Crippen LogP) is 3.55. The molecule has 5 rings (SSSR count). The summed E-state index contributed by atoms with van der Waals surface area (Å²) in [4.78, 5) is 28.9. The highest BCUT2D eigenvalue weighted by Gasteiger charge is 2.23. The number of nitrogens with one attached hydrogen (secondary N) is 2. The summed E-state index contributed by atoms with van der Waals surface area (Å²) in [5, 5.41) is 6.65. The zero-order valence-corrected chi connectivity index (χ0v) is 19.1. The standard InChI is InChI=1S/C26H27N7O/c1-19(20-8-4-2-5-9-20)29-26-28-13-12-23(31-26)33-18-22(25(34)32-16-14-27-15-17-32)30-24(33)21-10-6-3-7-11-21/h2-13,18-19,27H,14-17H2,1H3,(H,28,29,31). The molecule has 3 heterocycles. The van der Waals surface area contributed by atoms with Gasteiger partial charge in [0.1, 0.15) is 17.3 Å². The molecule has 0 aliphatic carbocycles. The Hall–Kier alpha value is -4.04. The maximum Gasteiger partial charge on any atom is 0.274 e. The number of aromatic nitrogens is 4. The SMILES string of the molecule is CC(Nc1nccc(-n2cc(C(=O)N3CCNCC3)nc2-c2ccccc2)n1)c1ccccc1. The number of benzene rings is 2. The molecule has 1 atom stereocenters. The number of carbonyl (C=O) groups is 1. The topological polar surface area (TPSA) is 88.0 Å². The third-order valence-corrected chi connectivity index (χ3v) is 5.89. The largest absolute Gasteiger partial charge is 0.348 e. The molecule has 1 saturated heterocycles. The minimum atomic E-state index is -0.0671. The Labute approximate surface area is 198 Å². The van der Waals surface area contributed by atoms with E-state index in [1.165, 1.54) is 0 Å². The van der Waals surface area contributed by atoms with Crippen LogP contribution in [0, 0.1) is 0 Å². The van der Waals surface area contributed by atoms with Crippen LogP contribution in [0.5, 0.6) is 0 Å². The molecule has 1 aliphatic heterocycles. The Morgan fingerprint density at radius 2 is 1.68 bits per heavy atom. The Morgan fingerprint density at radius 1 is 0.971 bits per heavy atom. The second-order valence-electron chi connectivity index (χ2n) is 8.24. The van der Waals surface area contributed by atoms with Crippen molar-refractivity contribution in [2.45, 2.75) is 13.0 Å². The summed E-state index contributed by atoms with van der Waals surface area (Å²) in [6.07, 6.45) is 3.49. The van der Waals surface area contributed by atoms with Gasteiger partial charge in [0.25, 0.3) is 5.91 Å². The molecule has 0 saturated carbocycles. The predicted molar refractivity (Wildman–Crippen MR) is 132 cm³/mol. The van der Waals surface area contributed by atoms with E-state index in [0.717, 1.165) is 24.2 Å². The molecule has 1 fully saturated rings. The van der Waals surface area contributed by atoms with Gasteiger partial charge in [-0.05, 0) is 18.6 Å². The van der Waals surface area contributed by atoms with Crippen LogP contribution >= 0.6 is 0 Å². The van der Waals surface area contributed by atoms with E-state index in [1.807, 2.05) is 64.1 Å². The molecule has 172 valence electrons. The lowest BCUT2D eigenvalue weighted by Gasteiger charge is -2.26. The van der Waals surface area contributed by atoms with E-state index in [-0.39, 0.29) is 11.9 Å². The van der Waals surface area contributed by atoms with Crippen molar-refractivity contribution in [1.29, 1.82) is 0 Å². The number of imidazole rings is 1. The first-order chi connectivity index (χ1) is 16.7. The van der Waals surface area contributed by atoms with Crippen LogP contribution < -0.4 is 10.6 Å². The summed E-state index contributed by atoms with van der Waals surface area (Å²) in [6, 6.07) is 21.9. The Bertz CT molecular complexity index is 1250. The number of rotatable bonds is 6. The number of nitrogens with zero attached hydrogens (tertiary/aromatic N) is 5. The normalized spacial score (nSPS) is 14.6. The molecule has 1 aliphatic rings. The van der Waals surface area contributed by atoms with Gasteiger partial charge in [0.15, 0.2) is 0 Å². The lowest BCUT2D eigenvalue weighted by molar-refractivity contribution is 0.0730. The van der Waals surface area contributed by atoms with E-state index in [9.17, 15) is 4.79 Å².